The van der Waals surface area contributed by atoms with Crippen molar-refractivity contribution in [3.8, 4) is 0 Å². The largest absolute Gasteiger partial charge is 0.368 e. The Labute approximate surface area is 104 Å². The molecule has 1 aromatic carbocycles. The van der Waals surface area contributed by atoms with Crippen LogP contribution in [0.3, 0.4) is 0 Å². The highest BCUT2D eigenvalue weighted by molar-refractivity contribution is 5.82. The van der Waals surface area contributed by atoms with Crippen molar-refractivity contribution in [3.63, 3.8) is 0 Å². The first-order chi connectivity index (χ1) is 8.84. The van der Waals surface area contributed by atoms with E-state index < -0.39 is 0 Å². The molecule has 0 bridgehead atoms. The molecule has 2 N–H and O–H groups in total. The number of hydrogen-bond donors (Lipinski definition) is 1. The van der Waals surface area contributed by atoms with Gasteiger partial charge in [0.1, 0.15) is 0 Å². The number of hydrogen-bond acceptors (Lipinski definition) is 4. The molecule has 0 atom stereocenters. The van der Waals surface area contributed by atoms with Crippen molar-refractivity contribution in [2.45, 2.75) is 0 Å². The summed E-state index contributed by atoms with van der Waals surface area (Å²) in [7, 11) is 0. The van der Waals surface area contributed by atoms with Crippen molar-refractivity contribution >= 4 is 23.2 Å². The number of aromatic nitrogens is 3. The molecule has 2 heterocycles. The van der Waals surface area contributed by atoms with Crippen LogP contribution < -0.4 is 5.73 Å². The summed E-state index contributed by atoms with van der Waals surface area (Å²) < 4.78 is 1.61. The Morgan fingerprint density at radius 2 is 2.06 bits per heavy atom. The lowest BCUT2D eigenvalue weighted by Crippen LogP contribution is -1.98. The van der Waals surface area contributed by atoms with Crippen molar-refractivity contribution in [2.75, 3.05) is 5.73 Å². The number of nitrogens with two attached hydrogens (primary N) is 1. The Bertz CT molecular complexity index is 700. The normalized spacial score (nSPS) is 11.3. The molecule has 88 valence electrons. The van der Waals surface area contributed by atoms with Crippen LogP contribution in [-0.4, -0.2) is 20.9 Å². The molecule has 0 unspecified atom stereocenters. The predicted octanol–water partition coefficient (Wildman–Crippen LogP) is 1.90. The summed E-state index contributed by atoms with van der Waals surface area (Å²) in [6.45, 7) is 0. The Morgan fingerprint density at radius 1 is 1.17 bits per heavy atom. The topological polar surface area (TPSA) is 69.1 Å². The molecule has 0 amide bonds. The highest BCUT2D eigenvalue weighted by atomic mass is 15.4. The van der Waals surface area contributed by atoms with Crippen LogP contribution in [0.25, 0.3) is 11.0 Å². The maximum Gasteiger partial charge on any atom is 0.222 e. The fraction of sp³-hybridized carbons (Fsp3) is 0. The van der Waals surface area contributed by atoms with Crippen molar-refractivity contribution in [2.24, 2.45) is 5.10 Å². The molecule has 0 fully saturated rings. The smallest absolute Gasteiger partial charge is 0.222 e. The van der Waals surface area contributed by atoms with Gasteiger partial charge in [-0.05, 0) is 18.2 Å². The molecule has 0 radical (unpaired) electrons. The Kier molecular flexibility index (Phi) is 2.49. The van der Waals surface area contributed by atoms with Gasteiger partial charge in [-0.1, -0.05) is 18.2 Å². The van der Waals surface area contributed by atoms with Crippen LogP contribution in [0.2, 0.25) is 0 Å². The van der Waals surface area contributed by atoms with Crippen molar-refractivity contribution in [1.82, 2.24) is 14.6 Å². The molecule has 0 spiro atoms. The maximum absolute atomic E-state index is 5.84. The number of anilines is 1. The van der Waals surface area contributed by atoms with E-state index in [2.05, 4.69) is 15.1 Å². The van der Waals surface area contributed by atoms with Gasteiger partial charge in [0, 0.05) is 18.0 Å². The summed E-state index contributed by atoms with van der Waals surface area (Å²) in [6, 6.07) is 11.5. The van der Waals surface area contributed by atoms with Gasteiger partial charge in [-0.3, -0.25) is 4.98 Å². The molecule has 5 heteroatoms. The Morgan fingerprint density at radius 3 is 2.89 bits per heavy atom. The van der Waals surface area contributed by atoms with Crippen LogP contribution in [0.4, 0.5) is 5.95 Å². The first-order valence-corrected chi connectivity index (χ1v) is 5.52. The van der Waals surface area contributed by atoms with E-state index >= 15 is 0 Å². The van der Waals surface area contributed by atoms with E-state index in [1.165, 1.54) is 0 Å². The third kappa shape index (κ3) is 1.82. The summed E-state index contributed by atoms with van der Waals surface area (Å²) in [5, 5.41) is 4.33. The minimum absolute atomic E-state index is 0.372. The number of pyridine rings is 1. The van der Waals surface area contributed by atoms with Gasteiger partial charge < -0.3 is 5.73 Å². The molecule has 18 heavy (non-hydrogen) atoms. The number of rotatable bonds is 2. The second kappa shape index (κ2) is 4.29. The molecule has 0 aliphatic rings. The van der Waals surface area contributed by atoms with Gasteiger partial charge >= 0.3 is 0 Å². The number of nitrogens with zero attached hydrogens (tertiary/aromatic N) is 4. The van der Waals surface area contributed by atoms with Crippen molar-refractivity contribution in [1.29, 1.82) is 0 Å². The highest BCUT2D eigenvalue weighted by Crippen LogP contribution is 2.16. The predicted molar refractivity (Wildman–Crippen MR) is 71.4 cm³/mol. The van der Waals surface area contributed by atoms with Crippen LogP contribution >= 0.6 is 0 Å². The monoisotopic (exact) mass is 237 g/mol. The molecule has 0 aliphatic heterocycles. The summed E-state index contributed by atoms with van der Waals surface area (Å²) in [5.41, 5.74) is 8.47. The van der Waals surface area contributed by atoms with E-state index in [-0.39, 0.29) is 0 Å². The van der Waals surface area contributed by atoms with E-state index in [1.54, 1.807) is 23.3 Å². The van der Waals surface area contributed by atoms with E-state index in [0.29, 0.717) is 5.95 Å². The first-order valence-electron chi connectivity index (χ1n) is 5.52. The highest BCUT2D eigenvalue weighted by Gasteiger charge is 2.05. The Balaban J connectivity index is 2.05. The molecular weight excluding hydrogens is 226 g/mol. The van der Waals surface area contributed by atoms with E-state index in [1.807, 2.05) is 36.4 Å². The van der Waals surface area contributed by atoms with Gasteiger partial charge in [0.2, 0.25) is 5.95 Å². The molecule has 2 aromatic heterocycles. The number of imidazole rings is 1. The molecule has 0 saturated carbocycles. The molecule has 0 aliphatic carbocycles. The van der Waals surface area contributed by atoms with Crippen LogP contribution in [0.15, 0.2) is 53.9 Å². The molecule has 5 nitrogen and oxygen atoms in total. The average Bonchev–Trinajstić information content (AvgIpc) is 2.73. The summed E-state index contributed by atoms with van der Waals surface area (Å²) in [6.07, 6.45) is 5.16. The molecule has 0 saturated heterocycles. The van der Waals surface area contributed by atoms with E-state index in [4.69, 9.17) is 5.73 Å². The second-order valence-corrected chi connectivity index (χ2v) is 3.80. The lowest BCUT2D eigenvalue weighted by molar-refractivity contribution is 0.931. The van der Waals surface area contributed by atoms with Gasteiger partial charge in [-0.2, -0.15) is 9.78 Å². The second-order valence-electron chi connectivity index (χ2n) is 3.80. The number of benzene rings is 1. The van der Waals surface area contributed by atoms with Gasteiger partial charge in [0.15, 0.2) is 0 Å². The van der Waals surface area contributed by atoms with Gasteiger partial charge in [0.25, 0.3) is 0 Å². The molecule has 3 aromatic rings. The molecule has 3 rings (SSSR count). The van der Waals surface area contributed by atoms with Crippen LogP contribution in [0, 0.1) is 0 Å². The van der Waals surface area contributed by atoms with Gasteiger partial charge in [-0.25, -0.2) is 4.98 Å². The fourth-order valence-corrected chi connectivity index (χ4v) is 1.73. The van der Waals surface area contributed by atoms with Crippen molar-refractivity contribution in [3.05, 3.63) is 54.4 Å². The number of nitrogen functional groups attached to an aromatic ring is 1. The third-order valence-electron chi connectivity index (χ3n) is 2.57. The van der Waals surface area contributed by atoms with Crippen LogP contribution in [0.5, 0.6) is 0 Å². The molecular formula is C13H11N5. The zero-order valence-electron chi connectivity index (χ0n) is 9.56. The zero-order valence-corrected chi connectivity index (χ0v) is 9.56. The lowest BCUT2D eigenvalue weighted by Gasteiger charge is -1.97. The van der Waals surface area contributed by atoms with Gasteiger partial charge in [0.05, 0.1) is 17.2 Å². The zero-order chi connectivity index (χ0) is 12.4. The fourth-order valence-electron chi connectivity index (χ4n) is 1.73. The summed E-state index contributed by atoms with van der Waals surface area (Å²) in [5.74, 6) is 0.372. The van der Waals surface area contributed by atoms with Crippen LogP contribution in [-0.2, 0) is 0 Å². The van der Waals surface area contributed by atoms with Crippen LogP contribution in [0.1, 0.15) is 5.56 Å². The lowest BCUT2D eigenvalue weighted by atomic mass is 10.3. The van der Waals surface area contributed by atoms with E-state index in [0.717, 1.165) is 16.6 Å². The number of fused-ring (bicyclic) bond motifs is 1. The summed E-state index contributed by atoms with van der Waals surface area (Å²) >= 11 is 0. The van der Waals surface area contributed by atoms with Gasteiger partial charge in [-0.15, -0.1) is 0 Å². The van der Waals surface area contributed by atoms with E-state index in [9.17, 15) is 0 Å². The maximum atomic E-state index is 5.84. The third-order valence-corrected chi connectivity index (χ3v) is 2.57. The minimum atomic E-state index is 0.372. The standard InChI is InChI=1S/C13H11N5/c14-13-17-11-5-1-2-6-12(11)18(13)16-9-10-4-3-7-15-8-10/h1-9H,(H2,14,17)/b16-9-. The average molecular weight is 237 g/mol. The quantitative estimate of drug-likeness (QED) is 0.692. The minimum Gasteiger partial charge on any atom is -0.368 e. The summed E-state index contributed by atoms with van der Waals surface area (Å²) in [4.78, 5) is 8.26. The SMILES string of the molecule is Nc1nc2ccccc2n1/N=C\c1cccnc1. The number of para-hydroxylation sites is 2. The first kappa shape index (κ1) is 10.5. The van der Waals surface area contributed by atoms with Crippen molar-refractivity contribution < 1.29 is 0 Å². The Hall–Kier alpha value is -2.69.